The topological polar surface area (TPSA) is 49.0 Å². The van der Waals surface area contributed by atoms with Gasteiger partial charge in [0.15, 0.2) is 0 Å². The first-order chi connectivity index (χ1) is 10.5. The highest BCUT2D eigenvalue weighted by Gasteiger charge is 2.24. The van der Waals surface area contributed by atoms with Gasteiger partial charge in [-0.25, -0.2) is 4.98 Å². The van der Waals surface area contributed by atoms with Crippen LogP contribution in [0.4, 0.5) is 0 Å². The summed E-state index contributed by atoms with van der Waals surface area (Å²) in [7, 11) is 1.82. The van der Waals surface area contributed by atoms with Crippen molar-refractivity contribution in [1.82, 2.24) is 14.9 Å². The Hall–Kier alpha value is -2.14. The molecule has 0 bridgehead atoms. The fourth-order valence-electron chi connectivity index (χ4n) is 2.61. The number of hydrogen-bond acceptors (Lipinski definition) is 3. The van der Waals surface area contributed by atoms with E-state index < -0.39 is 0 Å². The average Bonchev–Trinajstić information content (AvgIpc) is 3.14. The second-order valence-electron chi connectivity index (χ2n) is 5.64. The number of rotatable bonds is 3. The van der Waals surface area contributed by atoms with Crippen LogP contribution in [0.15, 0.2) is 29.8 Å². The minimum absolute atomic E-state index is 0.00551. The molecular weight excluding hydrogens is 294 g/mol. The van der Waals surface area contributed by atoms with Gasteiger partial charge in [-0.05, 0) is 38.5 Å². The maximum Gasteiger partial charge on any atom is 0.270 e. The number of aryl methyl sites for hydroxylation is 2. The van der Waals surface area contributed by atoms with Gasteiger partial charge in [-0.1, -0.05) is 11.6 Å². The zero-order chi connectivity index (χ0) is 15.9. The minimum atomic E-state index is -0.0416. The number of carbonyl (C=O) groups is 1. The third-order valence-corrected chi connectivity index (χ3v) is 5.08. The Morgan fingerprint density at radius 3 is 2.82 bits per heavy atom. The van der Waals surface area contributed by atoms with Crippen LogP contribution >= 0.6 is 11.3 Å². The Labute approximate surface area is 133 Å². The molecular formula is C17H19N3OS. The molecule has 1 aromatic carbocycles. The second kappa shape index (κ2) is 5.57. The Balaban J connectivity index is 1.96. The summed E-state index contributed by atoms with van der Waals surface area (Å²) in [5.41, 5.74) is 3.85. The zero-order valence-electron chi connectivity index (χ0n) is 13.2. The summed E-state index contributed by atoms with van der Waals surface area (Å²) in [6.45, 7) is 6.05. The van der Waals surface area contributed by atoms with E-state index in [9.17, 15) is 4.79 Å². The van der Waals surface area contributed by atoms with Gasteiger partial charge in [0.25, 0.3) is 5.91 Å². The number of fused-ring (bicyclic) bond motifs is 1. The Kier molecular flexibility index (Phi) is 3.74. The van der Waals surface area contributed by atoms with E-state index in [1.165, 1.54) is 5.56 Å². The van der Waals surface area contributed by atoms with E-state index in [1.807, 2.05) is 32.3 Å². The van der Waals surface area contributed by atoms with Gasteiger partial charge in [-0.15, -0.1) is 11.3 Å². The highest BCUT2D eigenvalue weighted by atomic mass is 32.1. The Morgan fingerprint density at radius 1 is 1.36 bits per heavy atom. The fourth-order valence-corrected chi connectivity index (χ4v) is 3.35. The van der Waals surface area contributed by atoms with E-state index in [2.05, 4.69) is 29.0 Å². The molecule has 1 unspecified atom stereocenters. The van der Waals surface area contributed by atoms with E-state index >= 15 is 0 Å². The van der Waals surface area contributed by atoms with Crippen LogP contribution < -0.4 is 0 Å². The van der Waals surface area contributed by atoms with Crippen LogP contribution in [0, 0.1) is 13.8 Å². The van der Waals surface area contributed by atoms with Crippen molar-refractivity contribution in [2.24, 2.45) is 0 Å². The molecule has 0 aliphatic rings. The Bertz CT molecular complexity index is 820. The molecule has 0 fully saturated rings. The highest BCUT2D eigenvalue weighted by molar-refractivity contribution is 7.09. The van der Waals surface area contributed by atoms with Crippen molar-refractivity contribution in [2.75, 3.05) is 7.05 Å². The predicted octanol–water partition coefficient (Wildman–Crippen LogP) is 4.07. The molecule has 1 amide bonds. The second-order valence-corrected chi connectivity index (χ2v) is 6.56. The van der Waals surface area contributed by atoms with Gasteiger partial charge in [-0.3, -0.25) is 4.79 Å². The zero-order valence-corrected chi connectivity index (χ0v) is 14.0. The lowest BCUT2D eigenvalue weighted by molar-refractivity contribution is 0.0737. The lowest BCUT2D eigenvalue weighted by Gasteiger charge is -2.23. The van der Waals surface area contributed by atoms with Crippen molar-refractivity contribution in [2.45, 2.75) is 26.8 Å². The SMILES string of the molecule is Cc1ccc2[nH]c(C(=O)N(C)C(C)c3nccs3)c(C)c2c1. The molecule has 2 heterocycles. The quantitative estimate of drug-likeness (QED) is 0.792. The van der Waals surface area contributed by atoms with Crippen LogP contribution in [0.2, 0.25) is 0 Å². The number of H-pyrrole nitrogens is 1. The predicted molar refractivity (Wildman–Crippen MR) is 90.4 cm³/mol. The third kappa shape index (κ3) is 2.41. The number of aromatic amines is 1. The molecule has 0 aliphatic carbocycles. The molecule has 5 heteroatoms. The molecule has 22 heavy (non-hydrogen) atoms. The van der Waals surface area contributed by atoms with Crippen molar-refractivity contribution in [3.63, 3.8) is 0 Å². The monoisotopic (exact) mass is 313 g/mol. The highest BCUT2D eigenvalue weighted by Crippen LogP contribution is 2.27. The van der Waals surface area contributed by atoms with Crippen LogP contribution in [-0.2, 0) is 0 Å². The van der Waals surface area contributed by atoms with Gasteiger partial charge >= 0.3 is 0 Å². The first kappa shape index (κ1) is 14.8. The van der Waals surface area contributed by atoms with E-state index in [-0.39, 0.29) is 11.9 Å². The van der Waals surface area contributed by atoms with Crippen LogP contribution in [0.5, 0.6) is 0 Å². The van der Waals surface area contributed by atoms with Crippen molar-refractivity contribution in [1.29, 1.82) is 0 Å². The number of thiazole rings is 1. The minimum Gasteiger partial charge on any atom is -0.350 e. The lowest BCUT2D eigenvalue weighted by atomic mass is 10.1. The molecule has 1 atom stereocenters. The van der Waals surface area contributed by atoms with Crippen molar-refractivity contribution >= 4 is 28.1 Å². The van der Waals surface area contributed by atoms with Crippen molar-refractivity contribution in [3.8, 4) is 0 Å². The van der Waals surface area contributed by atoms with E-state index in [0.717, 1.165) is 21.5 Å². The van der Waals surface area contributed by atoms with Gasteiger partial charge in [0.05, 0.1) is 6.04 Å². The van der Waals surface area contributed by atoms with Crippen LogP contribution in [0.1, 0.15) is 39.6 Å². The van der Waals surface area contributed by atoms with Crippen LogP contribution in [-0.4, -0.2) is 27.8 Å². The van der Waals surface area contributed by atoms with Gasteiger partial charge < -0.3 is 9.88 Å². The number of nitrogens with one attached hydrogen (secondary N) is 1. The largest absolute Gasteiger partial charge is 0.350 e. The third-order valence-electron chi connectivity index (χ3n) is 4.14. The van der Waals surface area contributed by atoms with E-state index in [1.54, 1.807) is 22.4 Å². The number of nitrogens with zero attached hydrogens (tertiary/aromatic N) is 2. The molecule has 3 rings (SSSR count). The molecule has 2 aromatic heterocycles. The normalized spacial score (nSPS) is 12.5. The number of aromatic nitrogens is 2. The van der Waals surface area contributed by atoms with Gasteiger partial charge in [0.2, 0.25) is 0 Å². The maximum atomic E-state index is 12.8. The maximum absolute atomic E-state index is 12.8. The standard InChI is InChI=1S/C17H19N3OS/c1-10-5-6-14-13(9-10)11(2)15(19-14)17(21)20(4)12(3)16-18-7-8-22-16/h5-9,12,19H,1-4H3. The first-order valence-corrected chi connectivity index (χ1v) is 8.12. The van der Waals surface area contributed by atoms with Gasteiger partial charge in [0.1, 0.15) is 10.7 Å². The smallest absolute Gasteiger partial charge is 0.270 e. The summed E-state index contributed by atoms with van der Waals surface area (Å²) in [4.78, 5) is 22.1. The van der Waals surface area contributed by atoms with Crippen molar-refractivity contribution in [3.05, 3.63) is 51.6 Å². The van der Waals surface area contributed by atoms with Gasteiger partial charge in [0, 0.05) is 29.5 Å². The van der Waals surface area contributed by atoms with Crippen LogP contribution in [0.3, 0.4) is 0 Å². The fraction of sp³-hybridized carbons (Fsp3) is 0.294. The summed E-state index contributed by atoms with van der Waals surface area (Å²) >= 11 is 1.57. The summed E-state index contributed by atoms with van der Waals surface area (Å²) < 4.78 is 0. The number of benzene rings is 1. The molecule has 4 nitrogen and oxygen atoms in total. The summed E-state index contributed by atoms with van der Waals surface area (Å²) in [6.07, 6.45) is 1.77. The summed E-state index contributed by atoms with van der Waals surface area (Å²) in [5.74, 6) is -0.00551. The van der Waals surface area contributed by atoms with Crippen LogP contribution in [0.25, 0.3) is 10.9 Å². The summed E-state index contributed by atoms with van der Waals surface area (Å²) in [6, 6.07) is 6.15. The molecule has 0 saturated heterocycles. The van der Waals surface area contributed by atoms with E-state index in [0.29, 0.717) is 5.69 Å². The number of hydrogen-bond donors (Lipinski definition) is 1. The average molecular weight is 313 g/mol. The lowest BCUT2D eigenvalue weighted by Crippen LogP contribution is -2.30. The first-order valence-electron chi connectivity index (χ1n) is 7.24. The molecule has 0 saturated carbocycles. The molecule has 0 spiro atoms. The van der Waals surface area contributed by atoms with E-state index in [4.69, 9.17) is 0 Å². The molecule has 0 radical (unpaired) electrons. The number of carbonyl (C=O) groups excluding carboxylic acids is 1. The molecule has 0 aliphatic heterocycles. The number of amides is 1. The van der Waals surface area contributed by atoms with Crippen molar-refractivity contribution < 1.29 is 4.79 Å². The summed E-state index contributed by atoms with van der Waals surface area (Å²) in [5, 5.41) is 3.99. The van der Waals surface area contributed by atoms with Gasteiger partial charge in [-0.2, -0.15) is 0 Å². The molecule has 114 valence electrons. The molecule has 3 aromatic rings. The molecule has 1 N–H and O–H groups in total. The Morgan fingerprint density at radius 2 is 2.14 bits per heavy atom.